The number of aliphatic hydroxyl groups excluding tert-OH is 1. The number of benzene rings is 1. The average molecular weight is 345 g/mol. The molecule has 3 rings (SSSR count). The number of ether oxygens (including phenoxy) is 1. The number of aliphatic hydroxyl groups is 1. The Morgan fingerprint density at radius 3 is 2.84 bits per heavy atom. The standard InChI is InChI=1S/C17H23N5O3/c1-14-18-19-20-22(14)8-7-16(24)21-9-10-25-17(12-21,13-23)11-15-5-3-2-4-6-15/h2-6,23H,7-13H2,1H3/t17-/m0/s1. The minimum atomic E-state index is -0.750. The molecule has 134 valence electrons. The van der Waals surface area contributed by atoms with Gasteiger partial charge in [0.25, 0.3) is 0 Å². The molecule has 1 fully saturated rings. The van der Waals surface area contributed by atoms with E-state index in [-0.39, 0.29) is 12.5 Å². The summed E-state index contributed by atoms with van der Waals surface area (Å²) in [6.45, 7) is 3.45. The van der Waals surface area contributed by atoms with Gasteiger partial charge < -0.3 is 14.7 Å². The van der Waals surface area contributed by atoms with Gasteiger partial charge in [0.05, 0.1) is 26.3 Å². The number of aromatic nitrogens is 4. The fraction of sp³-hybridized carbons (Fsp3) is 0.529. The van der Waals surface area contributed by atoms with Crippen molar-refractivity contribution in [3.63, 3.8) is 0 Å². The smallest absolute Gasteiger partial charge is 0.224 e. The average Bonchev–Trinajstić information content (AvgIpc) is 3.05. The molecule has 1 aliphatic rings. The Balaban J connectivity index is 1.62. The molecule has 0 bridgehead atoms. The first-order valence-electron chi connectivity index (χ1n) is 8.41. The highest BCUT2D eigenvalue weighted by Crippen LogP contribution is 2.23. The fourth-order valence-electron chi connectivity index (χ4n) is 3.10. The van der Waals surface area contributed by atoms with Crippen LogP contribution in [0.5, 0.6) is 0 Å². The van der Waals surface area contributed by atoms with Crippen LogP contribution in [0.2, 0.25) is 0 Å². The summed E-state index contributed by atoms with van der Waals surface area (Å²) in [5, 5.41) is 21.2. The fourth-order valence-corrected chi connectivity index (χ4v) is 3.10. The lowest BCUT2D eigenvalue weighted by Crippen LogP contribution is -2.56. The van der Waals surface area contributed by atoms with E-state index in [9.17, 15) is 9.90 Å². The number of tetrazole rings is 1. The summed E-state index contributed by atoms with van der Waals surface area (Å²) in [4.78, 5) is 14.3. The van der Waals surface area contributed by atoms with E-state index in [1.54, 1.807) is 16.5 Å². The molecule has 2 aromatic rings. The number of amides is 1. The van der Waals surface area contributed by atoms with Crippen molar-refractivity contribution in [2.24, 2.45) is 0 Å². The summed E-state index contributed by atoms with van der Waals surface area (Å²) in [6.07, 6.45) is 0.888. The van der Waals surface area contributed by atoms with E-state index in [0.29, 0.717) is 44.9 Å². The maximum Gasteiger partial charge on any atom is 0.224 e. The molecule has 1 amide bonds. The van der Waals surface area contributed by atoms with Gasteiger partial charge in [-0.05, 0) is 22.9 Å². The summed E-state index contributed by atoms with van der Waals surface area (Å²) in [5.74, 6) is 0.702. The summed E-state index contributed by atoms with van der Waals surface area (Å²) in [5.41, 5.74) is 0.329. The zero-order chi connectivity index (χ0) is 17.7. The molecule has 1 aromatic heterocycles. The van der Waals surface area contributed by atoms with Crippen LogP contribution in [0.25, 0.3) is 0 Å². The van der Waals surface area contributed by atoms with Crippen LogP contribution in [-0.2, 0) is 22.5 Å². The second kappa shape index (κ2) is 7.71. The van der Waals surface area contributed by atoms with Crippen molar-refractivity contribution in [3.8, 4) is 0 Å². The second-order valence-corrected chi connectivity index (χ2v) is 6.37. The Hall–Kier alpha value is -2.32. The van der Waals surface area contributed by atoms with E-state index in [1.807, 2.05) is 30.3 Å². The van der Waals surface area contributed by atoms with Crippen molar-refractivity contribution < 1.29 is 14.6 Å². The number of hydrogen-bond donors (Lipinski definition) is 1. The first-order valence-corrected chi connectivity index (χ1v) is 8.41. The molecule has 1 saturated heterocycles. The van der Waals surface area contributed by atoms with Gasteiger partial charge in [-0.15, -0.1) is 5.10 Å². The maximum absolute atomic E-state index is 12.6. The van der Waals surface area contributed by atoms with E-state index in [4.69, 9.17) is 4.74 Å². The highest BCUT2D eigenvalue weighted by molar-refractivity contribution is 5.76. The highest BCUT2D eigenvalue weighted by atomic mass is 16.5. The number of carbonyl (C=O) groups is 1. The Labute approximate surface area is 146 Å². The van der Waals surface area contributed by atoms with Gasteiger partial charge in [0.15, 0.2) is 0 Å². The number of rotatable bonds is 6. The molecular weight excluding hydrogens is 322 g/mol. The van der Waals surface area contributed by atoms with E-state index in [1.165, 1.54) is 0 Å². The SMILES string of the molecule is Cc1nnnn1CCC(=O)N1CCO[C@@](CO)(Cc2ccccc2)C1. The van der Waals surface area contributed by atoms with Gasteiger partial charge in [-0.25, -0.2) is 4.68 Å². The molecule has 8 nitrogen and oxygen atoms in total. The molecule has 1 atom stereocenters. The van der Waals surface area contributed by atoms with Crippen LogP contribution in [0.15, 0.2) is 30.3 Å². The molecule has 0 radical (unpaired) electrons. The quantitative estimate of drug-likeness (QED) is 0.804. The van der Waals surface area contributed by atoms with Crippen LogP contribution in [0, 0.1) is 6.92 Å². The van der Waals surface area contributed by atoms with E-state index in [0.717, 1.165) is 5.56 Å². The number of aryl methyl sites for hydroxylation is 2. The first kappa shape index (κ1) is 17.5. The topological polar surface area (TPSA) is 93.4 Å². The minimum absolute atomic E-state index is 0.0177. The second-order valence-electron chi connectivity index (χ2n) is 6.37. The normalized spacial score (nSPS) is 20.6. The molecule has 2 heterocycles. The molecule has 0 unspecified atom stereocenters. The van der Waals surface area contributed by atoms with Gasteiger partial charge in [-0.3, -0.25) is 4.79 Å². The molecular formula is C17H23N5O3. The Morgan fingerprint density at radius 1 is 1.36 bits per heavy atom. The highest BCUT2D eigenvalue weighted by Gasteiger charge is 2.38. The van der Waals surface area contributed by atoms with E-state index in [2.05, 4.69) is 15.5 Å². The molecule has 1 N–H and O–H groups in total. The third kappa shape index (κ3) is 4.21. The molecule has 8 heteroatoms. The lowest BCUT2D eigenvalue weighted by molar-refractivity contribution is -0.158. The van der Waals surface area contributed by atoms with Crippen molar-refractivity contribution in [2.45, 2.75) is 31.9 Å². The van der Waals surface area contributed by atoms with Crippen LogP contribution in [-0.4, -0.2) is 68.0 Å². The third-order valence-corrected chi connectivity index (χ3v) is 4.51. The predicted molar refractivity (Wildman–Crippen MR) is 89.7 cm³/mol. The van der Waals surface area contributed by atoms with Crippen molar-refractivity contribution in [3.05, 3.63) is 41.7 Å². The van der Waals surface area contributed by atoms with Crippen molar-refractivity contribution in [1.29, 1.82) is 0 Å². The van der Waals surface area contributed by atoms with Crippen LogP contribution in [0.4, 0.5) is 0 Å². The Bertz CT molecular complexity index is 705. The van der Waals surface area contributed by atoms with Gasteiger partial charge in [0.1, 0.15) is 11.4 Å². The van der Waals surface area contributed by atoms with Gasteiger partial charge in [0.2, 0.25) is 5.91 Å². The van der Waals surface area contributed by atoms with Crippen molar-refractivity contribution in [1.82, 2.24) is 25.1 Å². The Kier molecular flexibility index (Phi) is 5.40. The lowest BCUT2D eigenvalue weighted by Gasteiger charge is -2.42. The predicted octanol–water partition coefficient (Wildman–Crippen LogP) is 0.204. The zero-order valence-electron chi connectivity index (χ0n) is 14.3. The summed E-state index contributed by atoms with van der Waals surface area (Å²) >= 11 is 0. The summed E-state index contributed by atoms with van der Waals surface area (Å²) in [7, 11) is 0. The van der Waals surface area contributed by atoms with E-state index < -0.39 is 5.60 Å². The first-order chi connectivity index (χ1) is 12.1. The number of carbonyl (C=O) groups excluding carboxylic acids is 1. The van der Waals surface area contributed by atoms with Crippen molar-refractivity contribution >= 4 is 5.91 Å². The lowest BCUT2D eigenvalue weighted by atomic mass is 9.93. The minimum Gasteiger partial charge on any atom is -0.393 e. The monoisotopic (exact) mass is 345 g/mol. The van der Waals surface area contributed by atoms with Crippen LogP contribution in [0.3, 0.4) is 0 Å². The third-order valence-electron chi connectivity index (χ3n) is 4.51. The van der Waals surface area contributed by atoms with Gasteiger partial charge >= 0.3 is 0 Å². The molecule has 25 heavy (non-hydrogen) atoms. The van der Waals surface area contributed by atoms with Crippen LogP contribution < -0.4 is 0 Å². The number of nitrogens with zero attached hydrogens (tertiary/aromatic N) is 5. The maximum atomic E-state index is 12.6. The van der Waals surface area contributed by atoms with Crippen LogP contribution >= 0.6 is 0 Å². The van der Waals surface area contributed by atoms with Crippen LogP contribution in [0.1, 0.15) is 17.8 Å². The molecule has 1 aromatic carbocycles. The summed E-state index contributed by atoms with van der Waals surface area (Å²) in [6, 6.07) is 9.87. The van der Waals surface area contributed by atoms with Crippen molar-refractivity contribution in [2.75, 3.05) is 26.3 Å². The van der Waals surface area contributed by atoms with Gasteiger partial charge in [0, 0.05) is 19.4 Å². The molecule has 0 spiro atoms. The zero-order valence-corrected chi connectivity index (χ0v) is 14.3. The molecule has 0 aliphatic carbocycles. The summed E-state index contributed by atoms with van der Waals surface area (Å²) < 4.78 is 7.50. The van der Waals surface area contributed by atoms with Gasteiger partial charge in [-0.1, -0.05) is 30.3 Å². The largest absolute Gasteiger partial charge is 0.393 e. The Morgan fingerprint density at radius 2 is 2.16 bits per heavy atom. The van der Waals surface area contributed by atoms with E-state index >= 15 is 0 Å². The molecule has 0 saturated carbocycles. The van der Waals surface area contributed by atoms with Gasteiger partial charge in [-0.2, -0.15) is 0 Å². The molecule has 1 aliphatic heterocycles. The number of hydrogen-bond acceptors (Lipinski definition) is 6. The number of morpholine rings is 1.